The van der Waals surface area contributed by atoms with Crippen LogP contribution < -0.4 is 9.01 Å². The Balaban J connectivity index is 2.03. The minimum Gasteiger partial charge on any atom is -0.379 e. The van der Waals surface area contributed by atoms with Crippen LogP contribution in [0.5, 0.6) is 5.75 Å². The second-order valence-corrected chi connectivity index (χ2v) is 5.06. The van der Waals surface area contributed by atoms with Gasteiger partial charge in [0.2, 0.25) is 0 Å². The maximum atomic E-state index is 13.3. The molecule has 1 aliphatic heterocycles. The van der Waals surface area contributed by atoms with Crippen LogP contribution in [0.25, 0.3) is 0 Å². The number of hydrazine groups is 1. The summed E-state index contributed by atoms with van der Waals surface area (Å²) in [5.41, 5.74) is 0. The number of nitrogens with zero attached hydrogens (tertiary/aromatic N) is 1. The van der Waals surface area contributed by atoms with Gasteiger partial charge in [0.25, 0.3) is 0 Å². The van der Waals surface area contributed by atoms with E-state index >= 15 is 0 Å². The number of ether oxygens (including phenoxy) is 1. The molecule has 1 saturated heterocycles. The van der Waals surface area contributed by atoms with E-state index in [1.807, 2.05) is 0 Å². The molecular formula is C10H12F2N2O4S. The van der Waals surface area contributed by atoms with Crippen LogP contribution >= 0.6 is 0 Å². The summed E-state index contributed by atoms with van der Waals surface area (Å²) >= 11 is 0. The molecule has 9 heteroatoms. The van der Waals surface area contributed by atoms with Gasteiger partial charge in [0, 0.05) is 19.2 Å². The van der Waals surface area contributed by atoms with Crippen molar-refractivity contribution in [3.63, 3.8) is 0 Å². The lowest BCUT2D eigenvalue weighted by molar-refractivity contribution is 0.0260. The predicted molar refractivity (Wildman–Crippen MR) is 61.4 cm³/mol. The van der Waals surface area contributed by atoms with Gasteiger partial charge in [-0.1, -0.05) is 0 Å². The van der Waals surface area contributed by atoms with Crippen LogP contribution in [-0.2, 0) is 15.0 Å². The van der Waals surface area contributed by atoms with Crippen LogP contribution in [0.15, 0.2) is 18.2 Å². The van der Waals surface area contributed by atoms with E-state index in [2.05, 4.69) is 9.01 Å². The monoisotopic (exact) mass is 294 g/mol. The Bertz CT molecular complexity index is 546. The van der Waals surface area contributed by atoms with Crippen molar-refractivity contribution in [2.45, 2.75) is 0 Å². The molecule has 1 N–H and O–H groups in total. The molecule has 0 unspecified atom stereocenters. The molecule has 1 aliphatic rings. The zero-order valence-corrected chi connectivity index (χ0v) is 10.6. The van der Waals surface area contributed by atoms with Gasteiger partial charge in [0.1, 0.15) is 5.82 Å². The molecule has 0 saturated carbocycles. The molecule has 0 amide bonds. The average Bonchev–Trinajstić information content (AvgIpc) is 2.33. The first-order valence-corrected chi connectivity index (χ1v) is 6.87. The van der Waals surface area contributed by atoms with Gasteiger partial charge in [0.05, 0.1) is 13.2 Å². The molecular weight excluding hydrogens is 282 g/mol. The summed E-state index contributed by atoms with van der Waals surface area (Å²) in [6.45, 7) is 1.48. The highest BCUT2D eigenvalue weighted by Gasteiger charge is 2.21. The molecule has 2 rings (SSSR count). The van der Waals surface area contributed by atoms with Crippen molar-refractivity contribution >= 4 is 10.3 Å². The van der Waals surface area contributed by atoms with Crippen LogP contribution in [0.3, 0.4) is 0 Å². The molecule has 6 nitrogen and oxygen atoms in total. The quantitative estimate of drug-likeness (QED) is 0.872. The van der Waals surface area contributed by atoms with Crippen LogP contribution in [0.1, 0.15) is 0 Å². The molecule has 0 aliphatic carbocycles. The van der Waals surface area contributed by atoms with Crippen molar-refractivity contribution in [2.24, 2.45) is 0 Å². The molecule has 1 fully saturated rings. The summed E-state index contributed by atoms with van der Waals surface area (Å²) in [6.07, 6.45) is 0. The Morgan fingerprint density at radius 2 is 1.95 bits per heavy atom. The number of hydrogen-bond donors (Lipinski definition) is 1. The fourth-order valence-electron chi connectivity index (χ4n) is 1.49. The van der Waals surface area contributed by atoms with E-state index in [0.29, 0.717) is 32.4 Å². The molecule has 1 aromatic carbocycles. The molecule has 0 radical (unpaired) electrons. The van der Waals surface area contributed by atoms with Crippen LogP contribution in [0.2, 0.25) is 0 Å². The Kier molecular flexibility index (Phi) is 4.30. The summed E-state index contributed by atoms with van der Waals surface area (Å²) in [5, 5.41) is 1.38. The summed E-state index contributed by atoms with van der Waals surface area (Å²) in [4.78, 5) is 2.13. The normalized spacial score (nSPS) is 17.4. The van der Waals surface area contributed by atoms with Crippen LogP contribution in [0.4, 0.5) is 8.78 Å². The van der Waals surface area contributed by atoms with E-state index in [0.717, 1.165) is 12.1 Å². The lowest BCUT2D eigenvalue weighted by Gasteiger charge is -2.26. The van der Waals surface area contributed by atoms with Crippen molar-refractivity contribution < 1.29 is 26.1 Å². The standard InChI is InChI=1S/C10H12F2N2O4S/c11-8-1-2-10(9(12)7-8)18-19(15,16)13-14-3-5-17-6-4-14/h1-2,7,13H,3-6H2. The summed E-state index contributed by atoms with van der Waals surface area (Å²) in [6, 6.07) is 2.35. The third-order valence-electron chi connectivity index (χ3n) is 2.35. The molecule has 0 bridgehead atoms. The van der Waals surface area contributed by atoms with Gasteiger partial charge in [-0.3, -0.25) is 0 Å². The number of rotatable bonds is 4. The number of halogens is 2. The minimum atomic E-state index is -4.21. The van der Waals surface area contributed by atoms with Crippen molar-refractivity contribution in [1.82, 2.24) is 9.84 Å². The van der Waals surface area contributed by atoms with Gasteiger partial charge in [-0.05, 0) is 12.1 Å². The van der Waals surface area contributed by atoms with E-state index in [1.54, 1.807) is 0 Å². The first-order chi connectivity index (χ1) is 8.96. The van der Waals surface area contributed by atoms with Crippen LogP contribution in [0, 0.1) is 11.6 Å². The summed E-state index contributed by atoms with van der Waals surface area (Å²) in [5.74, 6) is -2.47. The van der Waals surface area contributed by atoms with Gasteiger partial charge in [-0.25, -0.2) is 13.8 Å². The zero-order valence-electron chi connectivity index (χ0n) is 9.80. The number of hydrogen-bond acceptors (Lipinski definition) is 5. The van der Waals surface area contributed by atoms with E-state index in [9.17, 15) is 17.2 Å². The Hall–Kier alpha value is -1.29. The lowest BCUT2D eigenvalue weighted by Crippen LogP contribution is -2.49. The molecule has 0 spiro atoms. The van der Waals surface area contributed by atoms with Crippen molar-refractivity contribution in [2.75, 3.05) is 26.3 Å². The van der Waals surface area contributed by atoms with E-state index in [4.69, 9.17) is 4.74 Å². The third kappa shape index (κ3) is 4.10. The first kappa shape index (κ1) is 14.1. The number of benzene rings is 1. The van der Waals surface area contributed by atoms with Crippen molar-refractivity contribution in [3.8, 4) is 5.75 Å². The Morgan fingerprint density at radius 1 is 1.26 bits per heavy atom. The van der Waals surface area contributed by atoms with Gasteiger partial charge < -0.3 is 8.92 Å². The smallest absolute Gasteiger partial charge is 0.379 e. The fraction of sp³-hybridized carbons (Fsp3) is 0.400. The minimum absolute atomic E-state index is 0.356. The topological polar surface area (TPSA) is 67.9 Å². The van der Waals surface area contributed by atoms with Crippen LogP contribution in [-0.4, -0.2) is 39.7 Å². The predicted octanol–water partition coefficient (Wildman–Crippen LogP) is 0.425. The van der Waals surface area contributed by atoms with E-state index in [-0.39, 0.29) is 0 Å². The molecule has 1 aromatic rings. The highest BCUT2D eigenvalue weighted by molar-refractivity contribution is 7.85. The maximum absolute atomic E-state index is 13.3. The molecule has 106 valence electrons. The van der Waals surface area contributed by atoms with E-state index in [1.165, 1.54) is 5.01 Å². The van der Waals surface area contributed by atoms with Gasteiger partial charge >= 0.3 is 10.3 Å². The largest absolute Gasteiger partial charge is 0.395 e. The maximum Gasteiger partial charge on any atom is 0.395 e. The summed E-state index contributed by atoms with van der Waals surface area (Å²) < 4.78 is 58.8. The molecule has 1 heterocycles. The highest BCUT2D eigenvalue weighted by atomic mass is 32.2. The first-order valence-electron chi connectivity index (χ1n) is 5.46. The van der Waals surface area contributed by atoms with Crippen molar-refractivity contribution in [3.05, 3.63) is 29.8 Å². The summed E-state index contributed by atoms with van der Waals surface area (Å²) in [7, 11) is -4.21. The Labute approximate surface area is 109 Å². The Morgan fingerprint density at radius 3 is 2.58 bits per heavy atom. The molecule has 0 atom stereocenters. The second-order valence-electron chi connectivity index (χ2n) is 3.80. The molecule has 19 heavy (non-hydrogen) atoms. The SMILES string of the molecule is O=S(=O)(NN1CCOCC1)Oc1ccc(F)cc1F. The second kappa shape index (κ2) is 5.78. The van der Waals surface area contributed by atoms with E-state index < -0.39 is 27.7 Å². The van der Waals surface area contributed by atoms with Gasteiger partial charge in [-0.15, -0.1) is 4.83 Å². The van der Waals surface area contributed by atoms with Gasteiger partial charge in [-0.2, -0.15) is 8.42 Å². The highest BCUT2D eigenvalue weighted by Crippen LogP contribution is 2.19. The lowest BCUT2D eigenvalue weighted by atomic mass is 10.3. The van der Waals surface area contributed by atoms with Crippen molar-refractivity contribution in [1.29, 1.82) is 0 Å². The zero-order chi connectivity index (χ0) is 13.9. The number of morpholine rings is 1. The number of nitrogens with one attached hydrogen (secondary N) is 1. The molecule has 0 aromatic heterocycles. The average molecular weight is 294 g/mol. The van der Waals surface area contributed by atoms with Gasteiger partial charge in [0.15, 0.2) is 11.6 Å². The fourth-order valence-corrected chi connectivity index (χ4v) is 2.40. The third-order valence-corrected chi connectivity index (χ3v) is 3.23.